The second-order valence-corrected chi connectivity index (χ2v) is 5.09. The molecule has 0 aliphatic heterocycles. The number of rotatable bonds is 1. The summed E-state index contributed by atoms with van der Waals surface area (Å²) in [4.78, 5) is 0. The zero-order valence-electron chi connectivity index (χ0n) is 8.96. The van der Waals surface area contributed by atoms with Gasteiger partial charge in [0.1, 0.15) is 0 Å². The molecule has 0 aromatic carbocycles. The van der Waals surface area contributed by atoms with Gasteiger partial charge in [-0.05, 0) is 23.8 Å². The Balaban J connectivity index is 2.45. The Kier molecular flexibility index (Phi) is 1.76. The summed E-state index contributed by atoms with van der Waals surface area (Å²) in [6, 6.07) is 0. The van der Waals surface area contributed by atoms with Crippen molar-refractivity contribution in [1.82, 2.24) is 9.78 Å². The van der Waals surface area contributed by atoms with Gasteiger partial charge >= 0.3 is 0 Å². The predicted octanol–water partition coefficient (Wildman–Crippen LogP) is 2.60. The molecule has 0 bridgehead atoms. The highest BCUT2D eigenvalue weighted by Gasteiger charge is 2.32. The van der Waals surface area contributed by atoms with Crippen molar-refractivity contribution < 1.29 is 0 Å². The van der Waals surface area contributed by atoms with Crippen LogP contribution in [-0.2, 0) is 12.5 Å². The molecule has 0 atom stereocenters. The Morgan fingerprint density at radius 2 is 2.00 bits per heavy atom. The third kappa shape index (κ3) is 1.50. The quantitative estimate of drug-likeness (QED) is 0.646. The molecule has 0 spiro atoms. The van der Waals surface area contributed by atoms with Gasteiger partial charge in [-0.1, -0.05) is 20.8 Å². The summed E-state index contributed by atoms with van der Waals surface area (Å²) in [6.45, 7) is 6.78. The van der Waals surface area contributed by atoms with Crippen LogP contribution in [-0.4, -0.2) is 9.78 Å². The van der Waals surface area contributed by atoms with Crippen LogP contribution in [0.4, 0.5) is 0 Å². The average Bonchev–Trinajstić information content (AvgIpc) is 2.73. The molecule has 0 saturated heterocycles. The molecule has 1 heterocycles. The van der Waals surface area contributed by atoms with E-state index in [1.807, 2.05) is 6.20 Å². The topological polar surface area (TPSA) is 17.8 Å². The van der Waals surface area contributed by atoms with Crippen LogP contribution in [0.3, 0.4) is 0 Å². The molecule has 1 saturated carbocycles. The van der Waals surface area contributed by atoms with Crippen molar-refractivity contribution in [3.63, 3.8) is 0 Å². The molecule has 72 valence electrons. The normalized spacial score (nSPS) is 17.8. The van der Waals surface area contributed by atoms with Gasteiger partial charge in [0.2, 0.25) is 0 Å². The number of nitrogens with zero attached hydrogens (tertiary/aromatic N) is 2. The fourth-order valence-electron chi connectivity index (χ4n) is 1.87. The largest absolute Gasteiger partial charge is 0.272 e. The molecular formula is C11H18N2. The van der Waals surface area contributed by atoms with Crippen molar-refractivity contribution in [3.8, 4) is 0 Å². The van der Waals surface area contributed by atoms with E-state index in [1.165, 1.54) is 24.1 Å². The van der Waals surface area contributed by atoms with Gasteiger partial charge in [0, 0.05) is 18.7 Å². The highest BCUT2D eigenvalue weighted by atomic mass is 15.3. The van der Waals surface area contributed by atoms with Gasteiger partial charge in [0.25, 0.3) is 0 Å². The van der Waals surface area contributed by atoms with Crippen LogP contribution >= 0.6 is 0 Å². The van der Waals surface area contributed by atoms with Gasteiger partial charge < -0.3 is 0 Å². The molecule has 0 N–H and O–H groups in total. The lowest BCUT2D eigenvalue weighted by Crippen LogP contribution is -2.13. The molecule has 1 aromatic rings. The third-order valence-electron chi connectivity index (χ3n) is 2.76. The number of hydrogen-bond donors (Lipinski definition) is 0. The minimum Gasteiger partial charge on any atom is -0.272 e. The molecule has 0 radical (unpaired) electrons. The summed E-state index contributed by atoms with van der Waals surface area (Å²) in [5, 5.41) is 4.36. The zero-order chi connectivity index (χ0) is 9.64. The van der Waals surface area contributed by atoms with Crippen molar-refractivity contribution in [2.75, 3.05) is 0 Å². The van der Waals surface area contributed by atoms with Crippen molar-refractivity contribution in [1.29, 1.82) is 0 Å². The molecular weight excluding hydrogens is 160 g/mol. The maximum absolute atomic E-state index is 4.36. The summed E-state index contributed by atoms with van der Waals surface area (Å²) in [7, 11) is 2.06. The van der Waals surface area contributed by atoms with Crippen LogP contribution in [0.25, 0.3) is 0 Å². The Labute approximate surface area is 80.0 Å². The molecule has 1 fully saturated rings. The Morgan fingerprint density at radius 1 is 1.38 bits per heavy atom. The summed E-state index contributed by atoms with van der Waals surface area (Å²) in [5.74, 6) is 0.793. The molecule has 1 aliphatic carbocycles. The minimum atomic E-state index is 0.242. The van der Waals surface area contributed by atoms with E-state index < -0.39 is 0 Å². The fraction of sp³-hybridized carbons (Fsp3) is 0.727. The summed E-state index contributed by atoms with van der Waals surface area (Å²) < 4.78 is 2.05. The van der Waals surface area contributed by atoms with Gasteiger partial charge in [-0.2, -0.15) is 5.10 Å². The smallest absolute Gasteiger partial charge is 0.0530 e. The summed E-state index contributed by atoms with van der Waals surface area (Å²) in [5.41, 5.74) is 3.14. The van der Waals surface area contributed by atoms with Crippen LogP contribution < -0.4 is 0 Å². The first-order valence-corrected chi connectivity index (χ1v) is 5.02. The first-order chi connectivity index (χ1) is 6.00. The van der Waals surface area contributed by atoms with E-state index in [1.54, 1.807) is 0 Å². The van der Waals surface area contributed by atoms with Crippen molar-refractivity contribution in [3.05, 3.63) is 17.5 Å². The van der Waals surface area contributed by atoms with E-state index in [4.69, 9.17) is 0 Å². The lowest BCUT2D eigenvalue weighted by Gasteiger charge is -2.19. The lowest BCUT2D eigenvalue weighted by atomic mass is 9.86. The first-order valence-electron chi connectivity index (χ1n) is 5.02. The monoisotopic (exact) mass is 178 g/mol. The van der Waals surface area contributed by atoms with Crippen LogP contribution in [0.5, 0.6) is 0 Å². The Bertz CT molecular complexity index is 313. The van der Waals surface area contributed by atoms with Crippen molar-refractivity contribution in [2.45, 2.75) is 44.9 Å². The van der Waals surface area contributed by atoms with E-state index in [2.05, 4.69) is 37.6 Å². The van der Waals surface area contributed by atoms with Gasteiger partial charge in [0.15, 0.2) is 0 Å². The van der Waals surface area contributed by atoms with E-state index in [0.29, 0.717) is 0 Å². The van der Waals surface area contributed by atoms with Crippen LogP contribution in [0.1, 0.15) is 50.8 Å². The zero-order valence-corrected chi connectivity index (χ0v) is 8.96. The number of aryl methyl sites for hydroxylation is 1. The molecule has 0 unspecified atom stereocenters. The van der Waals surface area contributed by atoms with Gasteiger partial charge in [-0.25, -0.2) is 0 Å². The predicted molar refractivity (Wildman–Crippen MR) is 53.9 cm³/mol. The van der Waals surface area contributed by atoms with Gasteiger partial charge in [-0.15, -0.1) is 0 Å². The second kappa shape index (κ2) is 2.60. The third-order valence-corrected chi connectivity index (χ3v) is 2.76. The summed E-state index contributed by atoms with van der Waals surface area (Å²) in [6.07, 6.45) is 4.74. The van der Waals surface area contributed by atoms with Crippen molar-refractivity contribution >= 4 is 0 Å². The highest BCUT2D eigenvalue weighted by Crippen LogP contribution is 2.43. The molecule has 13 heavy (non-hydrogen) atoms. The maximum Gasteiger partial charge on any atom is 0.0530 e. The average molecular weight is 178 g/mol. The van der Waals surface area contributed by atoms with Crippen molar-refractivity contribution in [2.24, 2.45) is 7.05 Å². The van der Waals surface area contributed by atoms with E-state index in [-0.39, 0.29) is 5.41 Å². The Morgan fingerprint density at radius 3 is 2.46 bits per heavy atom. The standard InChI is InChI=1S/C11H18N2/c1-11(2,3)9-7-12-13(4)10(9)8-5-6-8/h7-8H,5-6H2,1-4H3. The van der Waals surface area contributed by atoms with E-state index in [0.717, 1.165) is 5.92 Å². The van der Waals surface area contributed by atoms with Crippen LogP contribution in [0.2, 0.25) is 0 Å². The van der Waals surface area contributed by atoms with E-state index in [9.17, 15) is 0 Å². The van der Waals surface area contributed by atoms with Crippen LogP contribution in [0, 0.1) is 0 Å². The van der Waals surface area contributed by atoms with Crippen LogP contribution in [0.15, 0.2) is 6.20 Å². The molecule has 1 aromatic heterocycles. The molecule has 2 rings (SSSR count). The highest BCUT2D eigenvalue weighted by molar-refractivity contribution is 5.31. The molecule has 2 heteroatoms. The molecule has 0 amide bonds. The van der Waals surface area contributed by atoms with Gasteiger partial charge in [-0.3, -0.25) is 4.68 Å². The number of aromatic nitrogens is 2. The van der Waals surface area contributed by atoms with Gasteiger partial charge in [0.05, 0.1) is 6.20 Å². The first kappa shape index (κ1) is 8.79. The fourth-order valence-corrected chi connectivity index (χ4v) is 1.87. The molecule has 2 nitrogen and oxygen atoms in total. The summed E-state index contributed by atoms with van der Waals surface area (Å²) >= 11 is 0. The maximum atomic E-state index is 4.36. The molecule has 1 aliphatic rings. The minimum absolute atomic E-state index is 0.242. The Hall–Kier alpha value is -0.790. The lowest BCUT2D eigenvalue weighted by molar-refractivity contribution is 0.577. The van der Waals surface area contributed by atoms with E-state index >= 15 is 0 Å². The second-order valence-electron chi connectivity index (χ2n) is 5.09. The SMILES string of the molecule is Cn1ncc(C(C)(C)C)c1C1CC1. The number of hydrogen-bond acceptors (Lipinski definition) is 1.